The first-order chi connectivity index (χ1) is 8.56. The van der Waals surface area contributed by atoms with Gasteiger partial charge in [0.2, 0.25) is 0 Å². The lowest BCUT2D eigenvalue weighted by molar-refractivity contribution is 0.0993. The van der Waals surface area contributed by atoms with Gasteiger partial charge in [-0.1, -0.05) is 35.3 Å². The van der Waals surface area contributed by atoms with E-state index < -0.39 is 0 Å². The molecule has 4 heteroatoms. The van der Waals surface area contributed by atoms with E-state index in [9.17, 15) is 4.79 Å². The molecule has 0 unspecified atom stereocenters. The van der Waals surface area contributed by atoms with E-state index in [1.807, 2.05) is 25.1 Å². The molecule has 1 aromatic carbocycles. The maximum absolute atomic E-state index is 12.1. The number of ketones is 1. The SMILES string of the molecule is Cc1ccc(CC(=O)c2ccnc(Cl)c2)c(Cl)c1. The summed E-state index contributed by atoms with van der Waals surface area (Å²) in [5.74, 6) is -0.0231. The number of hydrogen-bond acceptors (Lipinski definition) is 2. The predicted molar refractivity (Wildman–Crippen MR) is 73.5 cm³/mol. The van der Waals surface area contributed by atoms with E-state index in [0.29, 0.717) is 15.7 Å². The van der Waals surface area contributed by atoms with Crippen molar-refractivity contribution in [3.8, 4) is 0 Å². The van der Waals surface area contributed by atoms with E-state index >= 15 is 0 Å². The van der Waals surface area contributed by atoms with Gasteiger partial charge in [-0.15, -0.1) is 0 Å². The Labute approximate surface area is 116 Å². The van der Waals surface area contributed by atoms with Gasteiger partial charge in [0.25, 0.3) is 0 Å². The summed E-state index contributed by atoms with van der Waals surface area (Å²) in [5.41, 5.74) is 2.44. The number of carbonyl (C=O) groups excluding carboxylic acids is 1. The van der Waals surface area contributed by atoms with Crippen LogP contribution in [0.2, 0.25) is 10.2 Å². The van der Waals surface area contributed by atoms with Crippen LogP contribution in [0.4, 0.5) is 0 Å². The van der Waals surface area contributed by atoms with E-state index in [1.165, 1.54) is 6.20 Å². The maximum Gasteiger partial charge on any atom is 0.167 e. The monoisotopic (exact) mass is 279 g/mol. The molecule has 0 spiro atoms. The average Bonchev–Trinajstić information content (AvgIpc) is 2.32. The summed E-state index contributed by atoms with van der Waals surface area (Å²) in [6.45, 7) is 1.96. The lowest BCUT2D eigenvalue weighted by Crippen LogP contribution is -2.04. The molecule has 0 amide bonds. The van der Waals surface area contributed by atoms with E-state index in [0.717, 1.165) is 11.1 Å². The van der Waals surface area contributed by atoms with E-state index in [4.69, 9.17) is 23.2 Å². The predicted octanol–water partition coefficient (Wildman–Crippen LogP) is 4.12. The van der Waals surface area contributed by atoms with Crippen LogP contribution in [0.25, 0.3) is 0 Å². The van der Waals surface area contributed by atoms with Gasteiger partial charge < -0.3 is 0 Å². The molecule has 0 fully saturated rings. The molecule has 0 aliphatic rings. The van der Waals surface area contributed by atoms with Gasteiger partial charge in [-0.3, -0.25) is 4.79 Å². The number of hydrogen-bond donors (Lipinski definition) is 0. The van der Waals surface area contributed by atoms with Crippen molar-refractivity contribution in [2.45, 2.75) is 13.3 Å². The number of aromatic nitrogens is 1. The summed E-state index contributed by atoms with van der Waals surface area (Å²) >= 11 is 11.9. The van der Waals surface area contributed by atoms with Crippen LogP contribution < -0.4 is 0 Å². The van der Waals surface area contributed by atoms with E-state index in [1.54, 1.807) is 12.1 Å². The van der Waals surface area contributed by atoms with Crippen molar-refractivity contribution in [2.24, 2.45) is 0 Å². The summed E-state index contributed by atoms with van der Waals surface area (Å²) in [6, 6.07) is 8.87. The molecule has 2 rings (SSSR count). The summed E-state index contributed by atoms with van der Waals surface area (Å²) in [5, 5.41) is 0.930. The van der Waals surface area contributed by atoms with Crippen molar-refractivity contribution in [2.75, 3.05) is 0 Å². The van der Waals surface area contributed by atoms with Crippen LogP contribution in [-0.4, -0.2) is 10.8 Å². The van der Waals surface area contributed by atoms with Crippen LogP contribution in [0.5, 0.6) is 0 Å². The Morgan fingerprint density at radius 2 is 2.00 bits per heavy atom. The standard InChI is InChI=1S/C14H11Cl2NO/c1-9-2-3-10(12(15)6-9)7-13(18)11-4-5-17-14(16)8-11/h2-6,8H,7H2,1H3. The largest absolute Gasteiger partial charge is 0.294 e. The number of halogens is 2. The van der Waals surface area contributed by atoms with Crippen molar-refractivity contribution in [1.82, 2.24) is 4.98 Å². The van der Waals surface area contributed by atoms with Gasteiger partial charge in [0.05, 0.1) is 0 Å². The highest BCUT2D eigenvalue weighted by Gasteiger charge is 2.10. The molecule has 18 heavy (non-hydrogen) atoms. The fourth-order valence-electron chi connectivity index (χ4n) is 1.65. The van der Waals surface area contributed by atoms with Crippen LogP contribution >= 0.6 is 23.2 Å². The van der Waals surface area contributed by atoms with Crippen LogP contribution in [0.1, 0.15) is 21.5 Å². The molecule has 0 atom stereocenters. The Morgan fingerprint density at radius 1 is 1.22 bits per heavy atom. The summed E-state index contributed by atoms with van der Waals surface area (Å²) in [6.07, 6.45) is 1.78. The van der Waals surface area contributed by atoms with Crippen molar-refractivity contribution >= 4 is 29.0 Å². The zero-order valence-electron chi connectivity index (χ0n) is 9.78. The molecule has 1 heterocycles. The fourth-order valence-corrected chi connectivity index (χ4v) is 2.12. The third-order valence-electron chi connectivity index (χ3n) is 2.61. The first kappa shape index (κ1) is 13.1. The summed E-state index contributed by atoms with van der Waals surface area (Å²) in [7, 11) is 0. The lowest BCUT2D eigenvalue weighted by atomic mass is 10.0. The van der Waals surface area contributed by atoms with Gasteiger partial charge in [-0.2, -0.15) is 0 Å². The number of aryl methyl sites for hydroxylation is 1. The average molecular weight is 280 g/mol. The molecule has 2 nitrogen and oxygen atoms in total. The van der Waals surface area contributed by atoms with Gasteiger partial charge in [0, 0.05) is 23.2 Å². The van der Waals surface area contributed by atoms with Crippen molar-refractivity contribution in [3.63, 3.8) is 0 Å². The van der Waals surface area contributed by atoms with Crippen LogP contribution in [0.15, 0.2) is 36.5 Å². The molecule has 92 valence electrons. The van der Waals surface area contributed by atoms with Gasteiger partial charge in [-0.25, -0.2) is 4.98 Å². The Hall–Kier alpha value is -1.38. The second-order valence-electron chi connectivity index (χ2n) is 4.06. The molecule has 0 saturated heterocycles. The second-order valence-corrected chi connectivity index (χ2v) is 4.86. The Morgan fingerprint density at radius 3 is 2.67 bits per heavy atom. The smallest absolute Gasteiger partial charge is 0.167 e. The molecule has 0 N–H and O–H groups in total. The third kappa shape index (κ3) is 3.09. The molecule has 0 bridgehead atoms. The minimum Gasteiger partial charge on any atom is -0.294 e. The van der Waals surface area contributed by atoms with Crippen molar-refractivity contribution in [1.29, 1.82) is 0 Å². The van der Waals surface area contributed by atoms with Gasteiger partial charge in [0.15, 0.2) is 5.78 Å². The number of pyridine rings is 1. The van der Waals surface area contributed by atoms with E-state index in [-0.39, 0.29) is 12.2 Å². The normalized spacial score (nSPS) is 10.4. The Bertz CT molecular complexity index is 596. The highest BCUT2D eigenvalue weighted by atomic mass is 35.5. The highest BCUT2D eigenvalue weighted by molar-refractivity contribution is 6.31. The molecule has 1 aromatic heterocycles. The number of rotatable bonds is 3. The maximum atomic E-state index is 12.1. The number of nitrogens with zero attached hydrogens (tertiary/aromatic N) is 1. The summed E-state index contributed by atoms with van der Waals surface area (Å²) in [4.78, 5) is 15.9. The number of carbonyl (C=O) groups is 1. The van der Waals surface area contributed by atoms with Gasteiger partial charge in [0.1, 0.15) is 5.15 Å². The topological polar surface area (TPSA) is 30.0 Å². The van der Waals surface area contributed by atoms with Crippen molar-refractivity contribution in [3.05, 3.63) is 63.4 Å². The van der Waals surface area contributed by atoms with Crippen molar-refractivity contribution < 1.29 is 4.79 Å². The minimum absolute atomic E-state index is 0.0231. The van der Waals surface area contributed by atoms with Crippen LogP contribution in [0.3, 0.4) is 0 Å². The van der Waals surface area contributed by atoms with Gasteiger partial charge in [-0.05, 0) is 36.2 Å². The molecular formula is C14H11Cl2NO. The number of benzene rings is 1. The molecule has 0 radical (unpaired) electrons. The summed E-state index contributed by atoms with van der Waals surface area (Å²) < 4.78 is 0. The van der Waals surface area contributed by atoms with Gasteiger partial charge >= 0.3 is 0 Å². The molecule has 0 aliphatic carbocycles. The van der Waals surface area contributed by atoms with Crippen LogP contribution in [-0.2, 0) is 6.42 Å². The Balaban J connectivity index is 2.21. The fraction of sp³-hybridized carbons (Fsp3) is 0.143. The lowest BCUT2D eigenvalue weighted by Gasteiger charge is -2.05. The quantitative estimate of drug-likeness (QED) is 0.625. The minimum atomic E-state index is -0.0231. The Kier molecular flexibility index (Phi) is 4.00. The second kappa shape index (κ2) is 5.51. The molecule has 0 aliphatic heterocycles. The molecular weight excluding hydrogens is 269 g/mol. The number of Topliss-reactive ketones (excluding diaryl/α,β-unsaturated/α-hetero) is 1. The third-order valence-corrected chi connectivity index (χ3v) is 3.17. The molecule has 2 aromatic rings. The zero-order valence-corrected chi connectivity index (χ0v) is 11.3. The zero-order chi connectivity index (χ0) is 13.1. The first-order valence-corrected chi connectivity index (χ1v) is 6.21. The van der Waals surface area contributed by atoms with Crippen LogP contribution in [0, 0.1) is 6.92 Å². The van der Waals surface area contributed by atoms with E-state index in [2.05, 4.69) is 4.98 Å². The first-order valence-electron chi connectivity index (χ1n) is 5.46. The molecule has 0 saturated carbocycles. The highest BCUT2D eigenvalue weighted by Crippen LogP contribution is 2.20.